The van der Waals surface area contributed by atoms with Crippen LogP contribution in [0, 0.1) is 19.7 Å². The van der Waals surface area contributed by atoms with Crippen LogP contribution in [0.2, 0.25) is 0 Å². The van der Waals surface area contributed by atoms with E-state index in [2.05, 4.69) is 10.1 Å². The largest absolute Gasteiger partial charge is 0.237 e. The van der Waals surface area contributed by atoms with Crippen LogP contribution in [-0.2, 0) is 0 Å². The smallest absolute Gasteiger partial charge is 0.165 e. The molecule has 0 aliphatic heterocycles. The highest BCUT2D eigenvalue weighted by molar-refractivity contribution is 5.85. The Labute approximate surface area is 138 Å². The van der Waals surface area contributed by atoms with Gasteiger partial charge in [-0.25, -0.2) is 14.4 Å². The number of pyridine rings is 2. The van der Waals surface area contributed by atoms with E-state index >= 15 is 0 Å². The third-order valence-corrected chi connectivity index (χ3v) is 4.02. The Kier molecular flexibility index (Phi) is 3.34. The van der Waals surface area contributed by atoms with Gasteiger partial charge in [-0.1, -0.05) is 6.07 Å². The maximum atomic E-state index is 13.2. The minimum Gasteiger partial charge on any atom is -0.237 e. The van der Waals surface area contributed by atoms with Crippen molar-refractivity contribution in [3.63, 3.8) is 0 Å². The summed E-state index contributed by atoms with van der Waals surface area (Å²) in [4.78, 5) is 9.14. The molecule has 4 aromatic rings. The number of rotatable bonds is 2. The summed E-state index contributed by atoms with van der Waals surface area (Å²) in [5.74, 6) is 0.463. The summed E-state index contributed by atoms with van der Waals surface area (Å²) >= 11 is 0. The second-order valence-electron chi connectivity index (χ2n) is 5.72. The SMILES string of the molecule is Cc1cc(-c2ccc(F)cc2)nc2c1c(C)nn2-c1ccccn1. The van der Waals surface area contributed by atoms with Crippen LogP contribution in [-0.4, -0.2) is 19.7 Å². The molecule has 0 saturated heterocycles. The minimum atomic E-state index is -0.258. The summed E-state index contributed by atoms with van der Waals surface area (Å²) in [5, 5.41) is 5.62. The Balaban J connectivity index is 1.98. The van der Waals surface area contributed by atoms with Crippen molar-refractivity contribution in [2.24, 2.45) is 0 Å². The number of hydrogen-bond donors (Lipinski definition) is 0. The highest BCUT2D eigenvalue weighted by atomic mass is 19.1. The predicted octanol–water partition coefficient (Wildman–Crippen LogP) is 4.24. The first-order chi connectivity index (χ1) is 11.6. The molecule has 0 amide bonds. The van der Waals surface area contributed by atoms with E-state index in [0.29, 0.717) is 0 Å². The zero-order chi connectivity index (χ0) is 16.7. The predicted molar refractivity (Wildman–Crippen MR) is 91.5 cm³/mol. The lowest BCUT2D eigenvalue weighted by molar-refractivity contribution is 0.628. The second-order valence-corrected chi connectivity index (χ2v) is 5.72. The van der Waals surface area contributed by atoms with Crippen molar-refractivity contribution in [3.05, 3.63) is 71.8 Å². The monoisotopic (exact) mass is 318 g/mol. The number of halogens is 1. The lowest BCUT2D eigenvalue weighted by atomic mass is 10.1. The molecule has 0 N–H and O–H groups in total. The van der Waals surface area contributed by atoms with Crippen LogP contribution in [0.3, 0.4) is 0 Å². The average molecular weight is 318 g/mol. The first-order valence-electron chi connectivity index (χ1n) is 7.68. The summed E-state index contributed by atoms with van der Waals surface area (Å²) in [6.07, 6.45) is 1.73. The summed E-state index contributed by atoms with van der Waals surface area (Å²) in [5.41, 5.74) is 4.40. The third kappa shape index (κ3) is 2.34. The molecule has 24 heavy (non-hydrogen) atoms. The van der Waals surface area contributed by atoms with Gasteiger partial charge in [0.1, 0.15) is 5.82 Å². The lowest BCUT2D eigenvalue weighted by Gasteiger charge is -2.06. The van der Waals surface area contributed by atoms with E-state index < -0.39 is 0 Å². The first kappa shape index (κ1) is 14.5. The molecule has 0 radical (unpaired) electrons. The van der Waals surface area contributed by atoms with Gasteiger partial charge in [0.15, 0.2) is 11.5 Å². The Morgan fingerprint density at radius 1 is 1.00 bits per heavy atom. The lowest BCUT2D eigenvalue weighted by Crippen LogP contribution is -2.01. The number of hydrogen-bond acceptors (Lipinski definition) is 3. The van der Waals surface area contributed by atoms with Gasteiger partial charge in [0.25, 0.3) is 0 Å². The molecule has 5 heteroatoms. The van der Waals surface area contributed by atoms with E-state index in [9.17, 15) is 4.39 Å². The van der Waals surface area contributed by atoms with Crippen LogP contribution in [0.15, 0.2) is 54.7 Å². The maximum Gasteiger partial charge on any atom is 0.165 e. The summed E-state index contributed by atoms with van der Waals surface area (Å²) in [6.45, 7) is 4.00. The van der Waals surface area contributed by atoms with Crippen LogP contribution in [0.25, 0.3) is 28.1 Å². The van der Waals surface area contributed by atoms with Gasteiger partial charge in [0.05, 0.1) is 11.4 Å². The maximum absolute atomic E-state index is 13.2. The molecular formula is C19H15FN4. The quantitative estimate of drug-likeness (QED) is 0.555. The van der Waals surface area contributed by atoms with Crippen molar-refractivity contribution in [3.8, 4) is 17.1 Å². The molecule has 0 spiro atoms. The molecule has 3 heterocycles. The molecule has 0 saturated carbocycles. The molecule has 4 nitrogen and oxygen atoms in total. The topological polar surface area (TPSA) is 43.6 Å². The third-order valence-electron chi connectivity index (χ3n) is 4.02. The van der Waals surface area contributed by atoms with Gasteiger partial charge in [-0.3, -0.25) is 0 Å². The van der Waals surface area contributed by atoms with E-state index in [1.54, 1.807) is 23.0 Å². The van der Waals surface area contributed by atoms with E-state index in [4.69, 9.17) is 4.98 Å². The molecule has 0 fully saturated rings. The van der Waals surface area contributed by atoms with Gasteiger partial charge in [0.2, 0.25) is 0 Å². The molecule has 3 aromatic heterocycles. The molecule has 0 atom stereocenters. The Morgan fingerprint density at radius 2 is 1.79 bits per heavy atom. The van der Waals surface area contributed by atoms with Crippen molar-refractivity contribution < 1.29 is 4.39 Å². The van der Waals surface area contributed by atoms with Crippen molar-refractivity contribution in [1.29, 1.82) is 0 Å². The van der Waals surface area contributed by atoms with Crippen molar-refractivity contribution in [2.75, 3.05) is 0 Å². The van der Waals surface area contributed by atoms with Gasteiger partial charge < -0.3 is 0 Å². The molecule has 0 aliphatic rings. The van der Waals surface area contributed by atoms with Crippen LogP contribution in [0.1, 0.15) is 11.3 Å². The molecule has 118 valence electrons. The minimum absolute atomic E-state index is 0.258. The molecule has 4 rings (SSSR count). The molecule has 0 unspecified atom stereocenters. The molecule has 1 aromatic carbocycles. The highest BCUT2D eigenvalue weighted by Gasteiger charge is 2.15. The number of fused-ring (bicyclic) bond motifs is 1. The first-order valence-corrected chi connectivity index (χ1v) is 7.68. The van der Waals surface area contributed by atoms with Crippen LogP contribution >= 0.6 is 0 Å². The molecule has 0 bridgehead atoms. The van der Waals surface area contributed by atoms with Crippen molar-refractivity contribution in [2.45, 2.75) is 13.8 Å². The van der Waals surface area contributed by atoms with E-state index in [1.165, 1.54) is 12.1 Å². The van der Waals surface area contributed by atoms with Gasteiger partial charge in [-0.2, -0.15) is 9.78 Å². The normalized spacial score (nSPS) is 11.1. The zero-order valence-corrected chi connectivity index (χ0v) is 13.4. The van der Waals surface area contributed by atoms with Crippen LogP contribution < -0.4 is 0 Å². The van der Waals surface area contributed by atoms with Crippen molar-refractivity contribution >= 4 is 11.0 Å². The standard InChI is InChI=1S/C19H15FN4/c1-12-11-16(14-6-8-15(20)9-7-14)22-19-18(12)13(2)23-24(19)17-5-3-4-10-21-17/h3-11H,1-2H3. The van der Waals surface area contributed by atoms with Gasteiger partial charge >= 0.3 is 0 Å². The van der Waals surface area contributed by atoms with Crippen molar-refractivity contribution in [1.82, 2.24) is 19.7 Å². The average Bonchev–Trinajstić information content (AvgIpc) is 2.93. The van der Waals surface area contributed by atoms with Crippen LogP contribution in [0.5, 0.6) is 0 Å². The molecule has 0 aliphatic carbocycles. The van der Waals surface area contributed by atoms with Gasteiger partial charge in [-0.15, -0.1) is 0 Å². The van der Waals surface area contributed by atoms with Gasteiger partial charge in [0, 0.05) is 17.1 Å². The highest BCUT2D eigenvalue weighted by Crippen LogP contribution is 2.27. The van der Waals surface area contributed by atoms with E-state index in [1.807, 2.05) is 38.1 Å². The summed E-state index contributed by atoms with van der Waals surface area (Å²) in [6, 6.07) is 14.0. The number of benzene rings is 1. The Morgan fingerprint density at radius 3 is 2.50 bits per heavy atom. The fourth-order valence-corrected chi connectivity index (χ4v) is 2.91. The van der Waals surface area contributed by atoms with Gasteiger partial charge in [-0.05, 0) is 61.9 Å². The Hall–Kier alpha value is -3.08. The number of aryl methyl sites for hydroxylation is 2. The fraction of sp³-hybridized carbons (Fsp3) is 0.105. The Bertz CT molecular complexity index is 1020. The number of nitrogens with zero attached hydrogens (tertiary/aromatic N) is 4. The van der Waals surface area contributed by atoms with E-state index in [0.717, 1.165) is 39.4 Å². The summed E-state index contributed by atoms with van der Waals surface area (Å²) in [7, 11) is 0. The zero-order valence-electron chi connectivity index (χ0n) is 13.4. The fourth-order valence-electron chi connectivity index (χ4n) is 2.91. The summed E-state index contributed by atoms with van der Waals surface area (Å²) < 4.78 is 14.9. The van der Waals surface area contributed by atoms with E-state index in [-0.39, 0.29) is 5.82 Å². The van der Waals surface area contributed by atoms with Crippen LogP contribution in [0.4, 0.5) is 4.39 Å². The number of aromatic nitrogens is 4. The second kappa shape index (κ2) is 5.53. The molecular weight excluding hydrogens is 303 g/mol.